The average molecular weight is 376 g/mol. The number of allylic oxidation sites excluding steroid dienone is 4. The molecule has 0 fully saturated rings. The highest BCUT2D eigenvalue weighted by Crippen LogP contribution is 2.58. The fraction of sp³-hybridized carbons (Fsp3) is 0.111. The number of hydrogen-bond donors (Lipinski definition) is 0. The van der Waals surface area contributed by atoms with E-state index in [0.717, 1.165) is 6.42 Å². The molecule has 1 aliphatic heterocycles. The normalized spacial score (nSPS) is 16.1. The van der Waals surface area contributed by atoms with Crippen LogP contribution in [0.3, 0.4) is 0 Å². The van der Waals surface area contributed by atoms with Crippen LogP contribution in [-0.4, -0.2) is 0 Å². The molecule has 0 amide bonds. The minimum absolute atomic E-state index is 0.209. The summed E-state index contributed by atoms with van der Waals surface area (Å²) in [4.78, 5) is 0. The first kappa shape index (κ1) is 16.3. The van der Waals surface area contributed by atoms with Crippen molar-refractivity contribution in [1.82, 2.24) is 0 Å². The van der Waals surface area contributed by atoms with E-state index in [-0.39, 0.29) is 7.92 Å². The molecule has 28 heavy (non-hydrogen) atoms. The molecule has 0 aromatic heterocycles. The standard InChI is InChI=1S/C27H21P/c1-5-11-24-19(7-1)13-15-21-17-28(23-9-3-4-10-23)18-22-16-14-20-8-2-6-12-25(20)27(22)26(21)24/h1-3,5-16H,4,17-18H2. The highest BCUT2D eigenvalue weighted by Gasteiger charge is 2.25. The minimum Gasteiger partial charge on any atom is -0.0801 e. The molecule has 4 aromatic rings. The third-order valence-electron chi connectivity index (χ3n) is 6.12. The smallest absolute Gasteiger partial charge is 0.00235 e. The third kappa shape index (κ3) is 2.49. The van der Waals surface area contributed by atoms with Crippen LogP contribution in [0.4, 0.5) is 0 Å². The molecule has 0 N–H and O–H groups in total. The van der Waals surface area contributed by atoms with Crippen LogP contribution in [0.2, 0.25) is 0 Å². The van der Waals surface area contributed by atoms with Crippen LogP contribution in [0.15, 0.2) is 96.3 Å². The second kappa shape index (κ2) is 6.43. The van der Waals surface area contributed by atoms with Gasteiger partial charge in [-0.2, -0.15) is 0 Å². The van der Waals surface area contributed by atoms with Gasteiger partial charge >= 0.3 is 0 Å². The number of benzene rings is 4. The molecule has 0 radical (unpaired) electrons. The zero-order valence-corrected chi connectivity index (χ0v) is 16.6. The Hall–Kier alpha value is -2.69. The van der Waals surface area contributed by atoms with Gasteiger partial charge in [0.2, 0.25) is 0 Å². The van der Waals surface area contributed by atoms with Crippen LogP contribution in [0.1, 0.15) is 17.5 Å². The fourth-order valence-corrected chi connectivity index (χ4v) is 7.32. The predicted molar refractivity (Wildman–Crippen MR) is 123 cm³/mol. The van der Waals surface area contributed by atoms with E-state index in [1.807, 2.05) is 0 Å². The van der Waals surface area contributed by atoms with Crippen molar-refractivity contribution in [2.24, 2.45) is 0 Å². The molecule has 0 spiro atoms. The Labute approximate surface area is 167 Å². The summed E-state index contributed by atoms with van der Waals surface area (Å²) in [6.07, 6.45) is 10.6. The Balaban J connectivity index is 1.73. The molecule has 0 saturated heterocycles. The summed E-state index contributed by atoms with van der Waals surface area (Å²) in [5.41, 5.74) is 5.97. The molecule has 1 aliphatic carbocycles. The summed E-state index contributed by atoms with van der Waals surface area (Å²) < 4.78 is 0. The molecule has 1 heterocycles. The Morgan fingerprint density at radius 1 is 0.607 bits per heavy atom. The Morgan fingerprint density at radius 3 is 1.71 bits per heavy atom. The molecule has 0 saturated carbocycles. The first-order valence-corrected chi connectivity index (χ1v) is 11.7. The van der Waals surface area contributed by atoms with Gasteiger partial charge in [-0.15, -0.1) is 0 Å². The van der Waals surface area contributed by atoms with Crippen molar-refractivity contribution >= 4 is 29.5 Å². The zero-order valence-electron chi connectivity index (χ0n) is 15.7. The third-order valence-corrected chi connectivity index (χ3v) is 8.63. The summed E-state index contributed by atoms with van der Waals surface area (Å²) in [5.74, 6) is 0. The van der Waals surface area contributed by atoms with Crippen LogP contribution in [0, 0.1) is 0 Å². The SMILES string of the molecule is C1=CC(P2Cc3ccc4ccccc4c3-c3c(ccc4ccccc34)C2)=CC1. The molecular formula is C27H21P. The maximum atomic E-state index is 2.44. The summed E-state index contributed by atoms with van der Waals surface area (Å²) in [7, 11) is -0.209. The van der Waals surface area contributed by atoms with Crippen molar-refractivity contribution < 1.29 is 0 Å². The lowest BCUT2D eigenvalue weighted by atomic mass is 9.88. The van der Waals surface area contributed by atoms with E-state index < -0.39 is 0 Å². The molecule has 4 aromatic carbocycles. The van der Waals surface area contributed by atoms with Gasteiger partial charge in [-0.3, -0.25) is 0 Å². The zero-order chi connectivity index (χ0) is 18.5. The minimum atomic E-state index is -0.209. The van der Waals surface area contributed by atoms with Crippen LogP contribution in [0.25, 0.3) is 32.7 Å². The molecule has 0 bridgehead atoms. The molecule has 0 unspecified atom stereocenters. The van der Waals surface area contributed by atoms with Gasteiger partial charge in [0.1, 0.15) is 0 Å². The van der Waals surface area contributed by atoms with Crippen molar-refractivity contribution in [2.45, 2.75) is 18.7 Å². The molecule has 0 nitrogen and oxygen atoms in total. The van der Waals surface area contributed by atoms with E-state index >= 15 is 0 Å². The van der Waals surface area contributed by atoms with Gasteiger partial charge in [0, 0.05) is 0 Å². The maximum Gasteiger partial charge on any atom is -0.00235 e. The fourth-order valence-electron chi connectivity index (χ4n) is 4.82. The van der Waals surface area contributed by atoms with Crippen molar-refractivity contribution in [1.29, 1.82) is 0 Å². The Kier molecular flexibility index (Phi) is 3.74. The lowest BCUT2D eigenvalue weighted by Crippen LogP contribution is -1.92. The average Bonchev–Trinajstić information content (AvgIpc) is 3.22. The molecular weight excluding hydrogens is 355 g/mol. The second-order valence-electron chi connectivity index (χ2n) is 7.76. The van der Waals surface area contributed by atoms with Gasteiger partial charge in [-0.25, -0.2) is 0 Å². The Bertz CT molecular complexity index is 1210. The van der Waals surface area contributed by atoms with Crippen LogP contribution < -0.4 is 0 Å². The van der Waals surface area contributed by atoms with Crippen molar-refractivity contribution in [3.05, 3.63) is 107 Å². The highest BCUT2D eigenvalue weighted by atomic mass is 31.1. The number of rotatable bonds is 1. The largest absolute Gasteiger partial charge is 0.0801 e. The van der Waals surface area contributed by atoms with Crippen molar-refractivity contribution in [3.8, 4) is 11.1 Å². The van der Waals surface area contributed by atoms with E-state index in [2.05, 4.69) is 91.0 Å². The summed E-state index contributed by atoms with van der Waals surface area (Å²) in [6.45, 7) is 0. The van der Waals surface area contributed by atoms with E-state index in [1.165, 1.54) is 56.1 Å². The monoisotopic (exact) mass is 376 g/mol. The lowest BCUT2D eigenvalue weighted by Gasteiger charge is -2.17. The first-order valence-electron chi connectivity index (χ1n) is 10.0. The van der Waals surface area contributed by atoms with Gasteiger partial charge in [0.05, 0.1) is 0 Å². The quantitative estimate of drug-likeness (QED) is 0.295. The molecule has 2 aliphatic rings. The summed E-state index contributed by atoms with van der Waals surface area (Å²) in [5, 5.41) is 7.04. The van der Waals surface area contributed by atoms with Gasteiger partial charge in [0.15, 0.2) is 0 Å². The second-order valence-corrected chi connectivity index (χ2v) is 9.99. The first-order chi connectivity index (χ1) is 13.9. The van der Waals surface area contributed by atoms with Crippen LogP contribution >= 0.6 is 7.92 Å². The molecule has 0 atom stereocenters. The van der Waals surface area contributed by atoms with E-state index in [0.29, 0.717) is 0 Å². The summed E-state index contributed by atoms with van der Waals surface area (Å²) in [6, 6.07) is 27.2. The van der Waals surface area contributed by atoms with Gasteiger partial charge in [-0.1, -0.05) is 98.9 Å². The van der Waals surface area contributed by atoms with E-state index in [1.54, 1.807) is 5.31 Å². The predicted octanol–water partition coefficient (Wildman–Crippen LogP) is 8.00. The molecule has 134 valence electrons. The topological polar surface area (TPSA) is 0 Å². The number of fused-ring (bicyclic) bond motifs is 7. The van der Waals surface area contributed by atoms with Gasteiger partial charge in [0.25, 0.3) is 0 Å². The molecule has 6 rings (SSSR count). The van der Waals surface area contributed by atoms with E-state index in [9.17, 15) is 0 Å². The summed E-state index contributed by atoms with van der Waals surface area (Å²) >= 11 is 0. The molecule has 1 heteroatoms. The Morgan fingerprint density at radius 2 is 1.18 bits per heavy atom. The van der Waals surface area contributed by atoms with Crippen LogP contribution in [-0.2, 0) is 12.3 Å². The number of hydrogen-bond acceptors (Lipinski definition) is 0. The van der Waals surface area contributed by atoms with Gasteiger partial charge in [-0.05, 0) is 67.9 Å². The maximum absolute atomic E-state index is 2.44. The van der Waals surface area contributed by atoms with Crippen molar-refractivity contribution in [2.75, 3.05) is 0 Å². The van der Waals surface area contributed by atoms with Crippen molar-refractivity contribution in [3.63, 3.8) is 0 Å². The lowest BCUT2D eigenvalue weighted by molar-refractivity contribution is 1.39. The highest BCUT2D eigenvalue weighted by molar-refractivity contribution is 7.60. The van der Waals surface area contributed by atoms with E-state index in [4.69, 9.17) is 0 Å². The van der Waals surface area contributed by atoms with Gasteiger partial charge < -0.3 is 0 Å². The van der Waals surface area contributed by atoms with Crippen LogP contribution in [0.5, 0.6) is 0 Å².